The number of nitrogens with zero attached hydrogens (tertiary/aromatic N) is 5. The Labute approximate surface area is 177 Å². The largest absolute Gasteiger partial charge is 0.496 e. The summed E-state index contributed by atoms with van der Waals surface area (Å²) in [6.07, 6.45) is 4.02. The number of hydrogen-bond donors (Lipinski definition) is 0. The summed E-state index contributed by atoms with van der Waals surface area (Å²) in [6.45, 7) is 5.86. The Kier molecular flexibility index (Phi) is 5.72. The number of methoxy groups -OCH3 is 1. The van der Waals surface area contributed by atoms with E-state index in [4.69, 9.17) is 14.2 Å². The summed E-state index contributed by atoms with van der Waals surface area (Å²) < 4.78 is 11.2. The van der Waals surface area contributed by atoms with Crippen LogP contribution in [0.5, 0.6) is 5.75 Å². The van der Waals surface area contributed by atoms with Crippen LogP contribution >= 0.6 is 0 Å². The third-order valence-electron chi connectivity index (χ3n) is 5.59. The van der Waals surface area contributed by atoms with E-state index in [2.05, 4.69) is 34.1 Å². The number of likely N-dealkylation sites (tertiary alicyclic amines) is 1. The second kappa shape index (κ2) is 8.44. The van der Waals surface area contributed by atoms with E-state index in [9.17, 15) is 0 Å². The van der Waals surface area contributed by atoms with Crippen LogP contribution in [0, 0.1) is 13.8 Å². The highest BCUT2D eigenvalue weighted by Crippen LogP contribution is 2.39. The minimum absolute atomic E-state index is 0.178. The Bertz CT molecular complexity index is 1030. The van der Waals surface area contributed by atoms with Gasteiger partial charge < -0.3 is 14.2 Å². The molecule has 0 saturated carbocycles. The Balaban J connectivity index is 1.73. The lowest BCUT2D eigenvalue weighted by molar-refractivity contribution is 0.240. The van der Waals surface area contributed by atoms with Gasteiger partial charge in [-0.3, -0.25) is 4.90 Å². The molecule has 7 heteroatoms. The van der Waals surface area contributed by atoms with Crippen molar-refractivity contribution in [3.8, 4) is 17.1 Å². The number of aryl methyl sites for hydroxylation is 2. The van der Waals surface area contributed by atoms with Crippen LogP contribution in [0.2, 0.25) is 0 Å². The van der Waals surface area contributed by atoms with Crippen LogP contribution in [0.4, 0.5) is 5.95 Å². The van der Waals surface area contributed by atoms with Gasteiger partial charge in [-0.25, -0.2) is 9.97 Å². The van der Waals surface area contributed by atoms with E-state index < -0.39 is 0 Å². The van der Waals surface area contributed by atoms with Gasteiger partial charge in [-0.15, -0.1) is 0 Å². The van der Waals surface area contributed by atoms with Crippen LogP contribution in [0.3, 0.4) is 0 Å². The van der Waals surface area contributed by atoms with Gasteiger partial charge in [0.15, 0.2) is 5.76 Å². The van der Waals surface area contributed by atoms with Gasteiger partial charge in [-0.1, -0.05) is 22.9 Å². The van der Waals surface area contributed by atoms with Crippen molar-refractivity contribution < 1.29 is 9.26 Å². The molecule has 1 unspecified atom stereocenters. The fraction of sp³-hybridized carbons (Fsp3) is 0.435. The molecule has 0 spiro atoms. The molecule has 1 fully saturated rings. The molecule has 1 aliphatic heterocycles. The molecule has 0 N–H and O–H groups in total. The van der Waals surface area contributed by atoms with Gasteiger partial charge in [0.25, 0.3) is 0 Å². The van der Waals surface area contributed by atoms with E-state index in [1.807, 2.05) is 44.2 Å². The molecule has 1 saturated heterocycles. The van der Waals surface area contributed by atoms with Crippen molar-refractivity contribution in [1.29, 1.82) is 0 Å². The second-order valence-corrected chi connectivity index (χ2v) is 8.14. The third-order valence-corrected chi connectivity index (χ3v) is 5.59. The molecular weight excluding hydrogens is 378 g/mol. The summed E-state index contributed by atoms with van der Waals surface area (Å²) in [5.74, 6) is 2.34. The number of anilines is 1. The highest BCUT2D eigenvalue weighted by atomic mass is 16.5. The average molecular weight is 408 g/mol. The molecule has 4 rings (SSSR count). The predicted molar refractivity (Wildman–Crippen MR) is 117 cm³/mol. The molecule has 0 radical (unpaired) electrons. The van der Waals surface area contributed by atoms with Gasteiger partial charge in [0, 0.05) is 38.5 Å². The molecule has 1 aliphatic rings. The molecule has 7 nitrogen and oxygen atoms in total. The predicted octanol–water partition coefficient (Wildman–Crippen LogP) is 4.16. The van der Waals surface area contributed by atoms with Crippen LogP contribution in [-0.2, 0) is 6.54 Å². The third kappa shape index (κ3) is 4.03. The summed E-state index contributed by atoms with van der Waals surface area (Å²) in [6, 6.07) is 8.47. The first kappa shape index (κ1) is 20.3. The number of hydrogen-bond acceptors (Lipinski definition) is 7. The van der Waals surface area contributed by atoms with Crippen molar-refractivity contribution in [2.75, 3.05) is 32.6 Å². The maximum absolute atomic E-state index is 5.62. The van der Waals surface area contributed by atoms with Crippen LogP contribution in [0.25, 0.3) is 11.3 Å². The van der Waals surface area contributed by atoms with Crippen LogP contribution < -0.4 is 9.64 Å². The smallest absolute Gasteiger partial charge is 0.225 e. The zero-order valence-electron chi connectivity index (χ0n) is 18.3. The van der Waals surface area contributed by atoms with E-state index in [1.165, 1.54) is 11.1 Å². The first-order chi connectivity index (χ1) is 14.5. The molecule has 3 aromatic rings. The van der Waals surface area contributed by atoms with Crippen molar-refractivity contribution in [1.82, 2.24) is 20.0 Å². The van der Waals surface area contributed by atoms with Crippen molar-refractivity contribution in [3.63, 3.8) is 0 Å². The Hall–Kier alpha value is -2.93. The molecule has 1 atom stereocenters. The lowest BCUT2D eigenvalue weighted by atomic mass is 10.0. The molecule has 1 aromatic carbocycles. The summed E-state index contributed by atoms with van der Waals surface area (Å²) in [4.78, 5) is 13.9. The molecule has 0 aliphatic carbocycles. The monoisotopic (exact) mass is 407 g/mol. The Morgan fingerprint density at radius 1 is 1.23 bits per heavy atom. The number of aromatic nitrogens is 3. The molecule has 2 aromatic heterocycles. The Morgan fingerprint density at radius 3 is 2.77 bits per heavy atom. The van der Waals surface area contributed by atoms with Gasteiger partial charge in [0.2, 0.25) is 5.95 Å². The molecule has 30 heavy (non-hydrogen) atoms. The number of rotatable bonds is 6. The van der Waals surface area contributed by atoms with Gasteiger partial charge in [0.05, 0.1) is 30.1 Å². The molecule has 158 valence electrons. The summed E-state index contributed by atoms with van der Waals surface area (Å²) >= 11 is 0. The highest BCUT2D eigenvalue weighted by molar-refractivity contribution is 5.61. The van der Waals surface area contributed by atoms with E-state index in [-0.39, 0.29) is 6.04 Å². The number of benzene rings is 1. The topological polar surface area (TPSA) is 67.5 Å². The van der Waals surface area contributed by atoms with Gasteiger partial charge in [-0.05, 0) is 39.3 Å². The van der Waals surface area contributed by atoms with Crippen molar-refractivity contribution in [2.24, 2.45) is 0 Å². The van der Waals surface area contributed by atoms with Crippen LogP contribution in [0.15, 0.2) is 35.0 Å². The first-order valence-electron chi connectivity index (χ1n) is 10.3. The quantitative estimate of drug-likeness (QED) is 0.608. The minimum atomic E-state index is 0.178. The molecule has 3 heterocycles. The lowest BCUT2D eigenvalue weighted by Crippen LogP contribution is -2.25. The first-order valence-corrected chi connectivity index (χ1v) is 10.3. The SMILES string of the molecule is COc1ccc(C)cc1CN1CCCC1c1nc(N(C)C)ncc1-c1cc(C)no1. The zero-order chi connectivity index (χ0) is 21.3. The molecule has 0 amide bonds. The van der Waals surface area contributed by atoms with Crippen LogP contribution in [0.1, 0.15) is 41.4 Å². The van der Waals surface area contributed by atoms with Crippen molar-refractivity contribution >= 4 is 5.95 Å². The van der Waals surface area contributed by atoms with E-state index in [0.29, 0.717) is 11.7 Å². The normalized spacial score (nSPS) is 16.8. The standard InChI is InChI=1S/C23H29N5O2/c1-15-8-9-20(29-5)17(11-15)14-28-10-6-7-19(28)22-18(21-12-16(2)26-30-21)13-24-23(25-22)27(3)4/h8-9,11-13,19H,6-7,10,14H2,1-5H3. The maximum atomic E-state index is 5.62. The summed E-state index contributed by atoms with van der Waals surface area (Å²) in [5, 5.41) is 4.07. The highest BCUT2D eigenvalue weighted by Gasteiger charge is 2.31. The summed E-state index contributed by atoms with van der Waals surface area (Å²) in [5.41, 5.74) is 5.18. The zero-order valence-corrected chi connectivity index (χ0v) is 18.3. The van der Waals surface area contributed by atoms with Gasteiger partial charge >= 0.3 is 0 Å². The van der Waals surface area contributed by atoms with Crippen molar-refractivity contribution in [3.05, 3.63) is 53.0 Å². The van der Waals surface area contributed by atoms with E-state index in [1.54, 1.807) is 7.11 Å². The summed E-state index contributed by atoms with van der Waals surface area (Å²) in [7, 11) is 5.65. The second-order valence-electron chi connectivity index (χ2n) is 8.14. The van der Waals surface area contributed by atoms with E-state index in [0.717, 1.165) is 48.6 Å². The fourth-order valence-corrected chi connectivity index (χ4v) is 4.11. The lowest BCUT2D eigenvalue weighted by Gasteiger charge is -2.27. The van der Waals surface area contributed by atoms with Gasteiger partial charge in [0.1, 0.15) is 5.75 Å². The van der Waals surface area contributed by atoms with Crippen LogP contribution in [-0.4, -0.2) is 47.8 Å². The molecule has 0 bridgehead atoms. The van der Waals surface area contributed by atoms with Crippen molar-refractivity contribution in [2.45, 2.75) is 39.3 Å². The maximum Gasteiger partial charge on any atom is 0.225 e. The Morgan fingerprint density at radius 2 is 2.07 bits per heavy atom. The fourth-order valence-electron chi connectivity index (χ4n) is 4.11. The van der Waals surface area contributed by atoms with E-state index >= 15 is 0 Å². The molecular formula is C23H29N5O2. The minimum Gasteiger partial charge on any atom is -0.496 e. The number of ether oxygens (including phenoxy) is 1. The van der Waals surface area contributed by atoms with Gasteiger partial charge in [-0.2, -0.15) is 0 Å². The average Bonchev–Trinajstić information content (AvgIpc) is 3.36.